The lowest BCUT2D eigenvalue weighted by Gasteiger charge is -2.13. The van der Waals surface area contributed by atoms with Crippen molar-refractivity contribution in [3.8, 4) is 22.8 Å². The first-order valence-corrected chi connectivity index (χ1v) is 5.97. The van der Waals surface area contributed by atoms with E-state index in [1.165, 1.54) is 18.0 Å². The van der Waals surface area contributed by atoms with E-state index in [-0.39, 0.29) is 5.56 Å². The molecule has 0 spiro atoms. The second-order valence-electron chi connectivity index (χ2n) is 4.36. The number of carbonyl (C=O) groups is 1. The summed E-state index contributed by atoms with van der Waals surface area (Å²) < 4.78 is 12.0. The van der Waals surface area contributed by atoms with Crippen LogP contribution in [-0.4, -0.2) is 35.1 Å². The summed E-state index contributed by atoms with van der Waals surface area (Å²) in [5.41, 5.74) is 2.33. The summed E-state index contributed by atoms with van der Waals surface area (Å²) in [7, 11) is 4.81. The highest BCUT2D eigenvalue weighted by molar-refractivity contribution is 5.95. The molecule has 2 rings (SSSR count). The van der Waals surface area contributed by atoms with E-state index in [4.69, 9.17) is 9.47 Å². The number of hydrogen-bond acceptors (Lipinski definition) is 4. The summed E-state index contributed by atoms with van der Waals surface area (Å²) in [5, 5.41) is 13.3. The van der Waals surface area contributed by atoms with Gasteiger partial charge in [0.25, 0.3) is 0 Å². The molecule has 1 N–H and O–H groups in total. The zero-order valence-electron chi connectivity index (χ0n) is 11.8. The number of benzene rings is 1. The Bertz CT molecular complexity index is 661. The minimum Gasteiger partial charge on any atom is -0.493 e. The van der Waals surface area contributed by atoms with Crippen molar-refractivity contribution < 1.29 is 19.4 Å². The average Bonchev–Trinajstić information content (AvgIpc) is 2.80. The van der Waals surface area contributed by atoms with Crippen molar-refractivity contribution in [1.82, 2.24) is 9.78 Å². The summed E-state index contributed by atoms with van der Waals surface area (Å²) in [5.74, 6) is 0.140. The van der Waals surface area contributed by atoms with Gasteiger partial charge in [0.2, 0.25) is 0 Å². The van der Waals surface area contributed by atoms with Crippen LogP contribution in [0.25, 0.3) is 11.3 Å². The standard InChI is InChI=1S/C14H16N2O4/c1-8-5-11(19-3)12(20-4)6-9(8)13-10(14(17)18)7-15-16(13)2/h5-7H,1-4H3,(H,17,18). The molecule has 2 aromatic rings. The van der Waals surface area contributed by atoms with Crippen LogP contribution >= 0.6 is 0 Å². The molecular weight excluding hydrogens is 260 g/mol. The number of ether oxygens (including phenoxy) is 2. The molecule has 0 aliphatic rings. The molecule has 0 aliphatic heterocycles. The third-order valence-electron chi connectivity index (χ3n) is 3.15. The molecule has 0 saturated carbocycles. The van der Waals surface area contributed by atoms with Crippen molar-refractivity contribution in [2.75, 3.05) is 14.2 Å². The third-order valence-corrected chi connectivity index (χ3v) is 3.15. The van der Waals surface area contributed by atoms with Gasteiger partial charge < -0.3 is 14.6 Å². The molecule has 0 bridgehead atoms. The van der Waals surface area contributed by atoms with Crippen LogP contribution in [0.4, 0.5) is 0 Å². The summed E-state index contributed by atoms with van der Waals surface area (Å²) in [4.78, 5) is 11.3. The monoisotopic (exact) mass is 276 g/mol. The summed E-state index contributed by atoms with van der Waals surface area (Å²) in [6.45, 7) is 1.88. The average molecular weight is 276 g/mol. The van der Waals surface area contributed by atoms with Crippen LogP contribution in [0.1, 0.15) is 15.9 Å². The number of carboxylic acid groups (broad SMARTS) is 1. The number of nitrogens with zero attached hydrogens (tertiary/aromatic N) is 2. The SMILES string of the molecule is COc1cc(C)c(-c2c(C(=O)O)cnn2C)cc1OC. The molecule has 0 saturated heterocycles. The van der Waals surface area contributed by atoms with Crippen LogP contribution in [-0.2, 0) is 7.05 Å². The van der Waals surface area contributed by atoms with Gasteiger partial charge in [0, 0.05) is 12.6 Å². The normalized spacial score (nSPS) is 10.4. The van der Waals surface area contributed by atoms with Gasteiger partial charge in [-0.2, -0.15) is 5.10 Å². The van der Waals surface area contributed by atoms with Crippen LogP contribution in [0.5, 0.6) is 11.5 Å². The van der Waals surface area contributed by atoms with Crippen molar-refractivity contribution in [2.45, 2.75) is 6.92 Å². The molecule has 0 atom stereocenters. The van der Waals surface area contributed by atoms with Gasteiger partial charge in [0.1, 0.15) is 5.56 Å². The number of hydrogen-bond donors (Lipinski definition) is 1. The zero-order valence-corrected chi connectivity index (χ0v) is 11.8. The van der Waals surface area contributed by atoms with Gasteiger partial charge in [0.15, 0.2) is 11.5 Å². The zero-order chi connectivity index (χ0) is 14.9. The fraction of sp³-hybridized carbons (Fsp3) is 0.286. The fourth-order valence-corrected chi connectivity index (χ4v) is 2.15. The molecule has 6 heteroatoms. The highest BCUT2D eigenvalue weighted by Gasteiger charge is 2.20. The van der Waals surface area contributed by atoms with Gasteiger partial charge in [-0.15, -0.1) is 0 Å². The predicted molar refractivity (Wildman–Crippen MR) is 73.4 cm³/mol. The van der Waals surface area contributed by atoms with E-state index in [1.807, 2.05) is 13.0 Å². The molecule has 0 fully saturated rings. The van der Waals surface area contributed by atoms with Crippen LogP contribution in [0.15, 0.2) is 18.3 Å². The Labute approximate surface area is 116 Å². The first-order chi connectivity index (χ1) is 9.49. The quantitative estimate of drug-likeness (QED) is 0.925. The van der Waals surface area contributed by atoms with Gasteiger partial charge in [0.05, 0.1) is 26.1 Å². The van der Waals surface area contributed by atoms with Crippen LogP contribution in [0.2, 0.25) is 0 Å². The molecule has 20 heavy (non-hydrogen) atoms. The third kappa shape index (κ3) is 2.20. The number of methoxy groups -OCH3 is 2. The van der Waals surface area contributed by atoms with Gasteiger partial charge in [-0.3, -0.25) is 4.68 Å². The molecular formula is C14H16N2O4. The number of rotatable bonds is 4. The molecule has 0 unspecified atom stereocenters. The number of aromatic carboxylic acids is 1. The molecule has 1 aromatic heterocycles. The van der Waals surface area contributed by atoms with E-state index >= 15 is 0 Å². The van der Waals surface area contributed by atoms with Crippen LogP contribution < -0.4 is 9.47 Å². The Morgan fingerprint density at radius 2 is 1.85 bits per heavy atom. The smallest absolute Gasteiger partial charge is 0.339 e. The van der Waals surface area contributed by atoms with Crippen molar-refractivity contribution in [3.63, 3.8) is 0 Å². The van der Waals surface area contributed by atoms with Crippen LogP contribution in [0.3, 0.4) is 0 Å². The van der Waals surface area contributed by atoms with E-state index in [0.717, 1.165) is 11.1 Å². The largest absolute Gasteiger partial charge is 0.493 e. The van der Waals surface area contributed by atoms with E-state index < -0.39 is 5.97 Å². The maximum Gasteiger partial charge on any atom is 0.339 e. The summed E-state index contributed by atoms with van der Waals surface area (Å²) in [6.07, 6.45) is 1.34. The summed E-state index contributed by atoms with van der Waals surface area (Å²) >= 11 is 0. The van der Waals surface area contributed by atoms with E-state index in [2.05, 4.69) is 5.10 Å². The summed E-state index contributed by atoms with van der Waals surface area (Å²) in [6, 6.07) is 3.57. The second kappa shape index (κ2) is 5.24. The van der Waals surface area contributed by atoms with Crippen LogP contribution in [0, 0.1) is 6.92 Å². The molecule has 0 aliphatic carbocycles. The molecule has 1 heterocycles. The maximum atomic E-state index is 11.3. The van der Waals surface area contributed by atoms with E-state index in [1.54, 1.807) is 20.2 Å². The van der Waals surface area contributed by atoms with Gasteiger partial charge >= 0.3 is 5.97 Å². The Balaban J connectivity index is 2.70. The lowest BCUT2D eigenvalue weighted by Crippen LogP contribution is -2.03. The minimum atomic E-state index is -1.01. The molecule has 1 aromatic carbocycles. The highest BCUT2D eigenvalue weighted by atomic mass is 16.5. The predicted octanol–water partition coefficient (Wildman–Crippen LogP) is 2.11. The van der Waals surface area contributed by atoms with Crippen molar-refractivity contribution in [2.24, 2.45) is 7.05 Å². The van der Waals surface area contributed by atoms with E-state index in [0.29, 0.717) is 17.2 Å². The molecule has 106 valence electrons. The number of aryl methyl sites for hydroxylation is 2. The number of aromatic nitrogens is 2. The lowest BCUT2D eigenvalue weighted by molar-refractivity contribution is 0.0697. The Morgan fingerprint density at radius 3 is 2.40 bits per heavy atom. The minimum absolute atomic E-state index is 0.155. The second-order valence-corrected chi connectivity index (χ2v) is 4.36. The van der Waals surface area contributed by atoms with Gasteiger partial charge in [-0.05, 0) is 24.6 Å². The van der Waals surface area contributed by atoms with Gasteiger partial charge in [-0.25, -0.2) is 4.79 Å². The fourth-order valence-electron chi connectivity index (χ4n) is 2.15. The Hall–Kier alpha value is -2.50. The van der Waals surface area contributed by atoms with Crippen molar-refractivity contribution >= 4 is 5.97 Å². The Kier molecular flexibility index (Phi) is 3.65. The molecule has 0 amide bonds. The highest BCUT2D eigenvalue weighted by Crippen LogP contribution is 2.36. The number of carboxylic acids is 1. The van der Waals surface area contributed by atoms with Crippen molar-refractivity contribution in [3.05, 3.63) is 29.5 Å². The molecule has 0 radical (unpaired) electrons. The lowest BCUT2D eigenvalue weighted by atomic mass is 10.0. The first-order valence-electron chi connectivity index (χ1n) is 5.97. The van der Waals surface area contributed by atoms with Crippen molar-refractivity contribution in [1.29, 1.82) is 0 Å². The maximum absolute atomic E-state index is 11.3. The van der Waals surface area contributed by atoms with E-state index in [9.17, 15) is 9.90 Å². The first kappa shape index (κ1) is 13.9. The Morgan fingerprint density at radius 1 is 1.25 bits per heavy atom. The molecule has 6 nitrogen and oxygen atoms in total. The van der Waals surface area contributed by atoms with Gasteiger partial charge in [-0.1, -0.05) is 0 Å². The topological polar surface area (TPSA) is 73.6 Å².